The van der Waals surface area contributed by atoms with E-state index < -0.39 is 0 Å². The Balaban J connectivity index is 0.00000338. The fraction of sp³-hybridized carbons (Fsp3) is 0.650. The van der Waals surface area contributed by atoms with Gasteiger partial charge in [0.2, 0.25) is 0 Å². The maximum absolute atomic E-state index is 5.62. The van der Waals surface area contributed by atoms with E-state index in [1.807, 2.05) is 7.05 Å². The number of halogens is 1. The van der Waals surface area contributed by atoms with Crippen LogP contribution < -0.4 is 10.6 Å². The second kappa shape index (κ2) is 11.8. The normalized spacial score (nSPS) is 19.8. The van der Waals surface area contributed by atoms with Crippen LogP contribution in [0.5, 0.6) is 0 Å². The number of hydrogen-bond acceptors (Lipinski definition) is 3. The second-order valence-corrected chi connectivity index (χ2v) is 7.34. The van der Waals surface area contributed by atoms with Gasteiger partial charge in [-0.1, -0.05) is 38.1 Å². The van der Waals surface area contributed by atoms with Crippen molar-refractivity contribution in [3.8, 4) is 0 Å². The molecule has 5 nitrogen and oxygen atoms in total. The summed E-state index contributed by atoms with van der Waals surface area (Å²) in [6.07, 6.45) is 0.330. The zero-order valence-corrected chi connectivity index (χ0v) is 19.1. The minimum atomic E-state index is 0. The van der Waals surface area contributed by atoms with Gasteiger partial charge in [0, 0.05) is 39.3 Å². The minimum absolute atomic E-state index is 0. The summed E-state index contributed by atoms with van der Waals surface area (Å²) in [5.41, 5.74) is 2.63. The van der Waals surface area contributed by atoms with Gasteiger partial charge in [0.1, 0.15) is 0 Å². The number of benzene rings is 1. The van der Waals surface area contributed by atoms with Crippen LogP contribution in [0, 0.1) is 5.92 Å². The molecule has 1 heterocycles. The van der Waals surface area contributed by atoms with Gasteiger partial charge in [-0.3, -0.25) is 9.89 Å². The van der Waals surface area contributed by atoms with E-state index in [-0.39, 0.29) is 24.0 Å². The fourth-order valence-electron chi connectivity index (χ4n) is 2.89. The Kier molecular flexibility index (Phi) is 10.5. The van der Waals surface area contributed by atoms with Gasteiger partial charge in [-0.2, -0.15) is 0 Å². The third kappa shape index (κ3) is 7.80. The first kappa shape index (κ1) is 23.2. The summed E-state index contributed by atoms with van der Waals surface area (Å²) >= 11 is 0. The van der Waals surface area contributed by atoms with E-state index in [1.165, 1.54) is 11.1 Å². The smallest absolute Gasteiger partial charge is 0.191 e. The molecule has 148 valence electrons. The van der Waals surface area contributed by atoms with E-state index in [0.717, 1.165) is 38.7 Å². The van der Waals surface area contributed by atoms with Gasteiger partial charge in [0.25, 0.3) is 0 Å². The molecule has 1 aromatic carbocycles. The number of morpholine rings is 1. The Morgan fingerprint density at radius 3 is 2.69 bits per heavy atom. The molecule has 0 aromatic heterocycles. The number of rotatable bonds is 6. The summed E-state index contributed by atoms with van der Waals surface area (Å²) in [6.45, 7) is 13.4. The molecule has 2 atom stereocenters. The highest BCUT2D eigenvalue weighted by Crippen LogP contribution is 2.12. The molecular formula is C20H35IN4O. The predicted molar refractivity (Wildman–Crippen MR) is 120 cm³/mol. The van der Waals surface area contributed by atoms with E-state index in [9.17, 15) is 0 Å². The lowest BCUT2D eigenvalue weighted by Crippen LogP contribution is -2.43. The van der Waals surface area contributed by atoms with Crippen molar-refractivity contribution in [3.05, 3.63) is 35.4 Å². The third-order valence-corrected chi connectivity index (χ3v) is 4.77. The first-order chi connectivity index (χ1) is 12.0. The van der Waals surface area contributed by atoms with Gasteiger partial charge in [0.15, 0.2) is 5.96 Å². The Morgan fingerprint density at radius 1 is 1.31 bits per heavy atom. The molecule has 1 aliphatic rings. The average molecular weight is 474 g/mol. The van der Waals surface area contributed by atoms with Crippen molar-refractivity contribution in [2.75, 3.05) is 26.7 Å². The quantitative estimate of drug-likeness (QED) is 0.378. The highest BCUT2D eigenvalue weighted by molar-refractivity contribution is 14.0. The Labute approximate surface area is 176 Å². The van der Waals surface area contributed by atoms with E-state index in [0.29, 0.717) is 18.1 Å². The summed E-state index contributed by atoms with van der Waals surface area (Å²) in [4.78, 5) is 6.79. The number of nitrogens with zero attached hydrogens (tertiary/aromatic N) is 2. The van der Waals surface area contributed by atoms with Gasteiger partial charge in [-0.15, -0.1) is 24.0 Å². The number of hydrogen-bond donors (Lipinski definition) is 2. The summed E-state index contributed by atoms with van der Waals surface area (Å²) in [6, 6.07) is 9.19. The van der Waals surface area contributed by atoms with Crippen molar-refractivity contribution in [1.29, 1.82) is 0 Å². The van der Waals surface area contributed by atoms with Crippen LogP contribution in [0.1, 0.15) is 38.8 Å². The van der Waals surface area contributed by atoms with Crippen LogP contribution in [-0.2, 0) is 17.8 Å². The van der Waals surface area contributed by atoms with Crippen molar-refractivity contribution in [2.45, 2.75) is 52.9 Å². The Morgan fingerprint density at radius 2 is 2.04 bits per heavy atom. The SMILES string of the molecule is CN=C(NCc1cccc(CN2CCOC(C)C2)c1)NC(C)C(C)C.I. The van der Waals surface area contributed by atoms with Crippen molar-refractivity contribution in [2.24, 2.45) is 10.9 Å². The molecule has 1 aliphatic heterocycles. The predicted octanol–water partition coefficient (Wildman–Crippen LogP) is 3.23. The molecule has 2 N–H and O–H groups in total. The molecule has 6 heteroatoms. The molecule has 0 bridgehead atoms. The minimum Gasteiger partial charge on any atom is -0.376 e. The molecule has 1 saturated heterocycles. The van der Waals surface area contributed by atoms with Crippen molar-refractivity contribution < 1.29 is 4.74 Å². The van der Waals surface area contributed by atoms with Crippen LogP contribution in [0.15, 0.2) is 29.3 Å². The lowest BCUT2D eigenvalue weighted by molar-refractivity contribution is -0.0212. The number of ether oxygens (including phenoxy) is 1. The van der Waals surface area contributed by atoms with Gasteiger partial charge in [-0.05, 0) is 30.9 Å². The summed E-state index contributed by atoms with van der Waals surface area (Å²) in [5, 5.41) is 6.85. The monoisotopic (exact) mass is 474 g/mol. The van der Waals surface area contributed by atoms with Crippen molar-refractivity contribution >= 4 is 29.9 Å². The average Bonchev–Trinajstić information content (AvgIpc) is 2.58. The van der Waals surface area contributed by atoms with Gasteiger partial charge in [0.05, 0.1) is 12.7 Å². The second-order valence-electron chi connectivity index (χ2n) is 7.34. The fourth-order valence-corrected chi connectivity index (χ4v) is 2.89. The standard InChI is InChI=1S/C20H34N4O.HI/c1-15(2)17(4)23-20(21-5)22-12-18-7-6-8-19(11-18)14-24-9-10-25-16(3)13-24;/h6-8,11,15-17H,9-10,12-14H2,1-5H3,(H2,21,22,23);1H. The summed E-state index contributed by atoms with van der Waals surface area (Å²) in [5.74, 6) is 1.42. The Hall–Kier alpha value is -0.860. The zero-order chi connectivity index (χ0) is 18.2. The van der Waals surface area contributed by atoms with Crippen LogP contribution >= 0.6 is 24.0 Å². The van der Waals surface area contributed by atoms with Gasteiger partial charge < -0.3 is 15.4 Å². The van der Waals surface area contributed by atoms with Crippen molar-refractivity contribution in [1.82, 2.24) is 15.5 Å². The molecule has 0 spiro atoms. The van der Waals surface area contributed by atoms with Gasteiger partial charge in [-0.25, -0.2) is 0 Å². The molecule has 0 radical (unpaired) electrons. The lowest BCUT2D eigenvalue weighted by Gasteiger charge is -2.31. The molecule has 0 amide bonds. The van der Waals surface area contributed by atoms with Crippen LogP contribution in [-0.4, -0.2) is 49.7 Å². The highest BCUT2D eigenvalue weighted by Gasteiger charge is 2.16. The maximum atomic E-state index is 5.62. The first-order valence-corrected chi connectivity index (χ1v) is 9.37. The summed E-state index contributed by atoms with van der Waals surface area (Å²) < 4.78 is 5.62. The van der Waals surface area contributed by atoms with Crippen LogP contribution in [0.4, 0.5) is 0 Å². The summed E-state index contributed by atoms with van der Waals surface area (Å²) in [7, 11) is 1.82. The first-order valence-electron chi connectivity index (χ1n) is 9.37. The van der Waals surface area contributed by atoms with Crippen LogP contribution in [0.25, 0.3) is 0 Å². The number of guanidine groups is 1. The van der Waals surface area contributed by atoms with E-state index >= 15 is 0 Å². The molecule has 26 heavy (non-hydrogen) atoms. The molecular weight excluding hydrogens is 439 g/mol. The van der Waals surface area contributed by atoms with Crippen molar-refractivity contribution in [3.63, 3.8) is 0 Å². The number of nitrogens with one attached hydrogen (secondary N) is 2. The highest BCUT2D eigenvalue weighted by atomic mass is 127. The van der Waals surface area contributed by atoms with Crippen LogP contribution in [0.2, 0.25) is 0 Å². The number of aliphatic imine (C=N–C) groups is 1. The van der Waals surface area contributed by atoms with Gasteiger partial charge >= 0.3 is 0 Å². The molecule has 2 rings (SSSR count). The molecule has 0 aliphatic carbocycles. The third-order valence-electron chi connectivity index (χ3n) is 4.77. The molecule has 1 aromatic rings. The Bertz CT molecular complexity index is 564. The van der Waals surface area contributed by atoms with E-state index in [2.05, 4.69) is 72.5 Å². The largest absolute Gasteiger partial charge is 0.376 e. The lowest BCUT2D eigenvalue weighted by atomic mass is 10.1. The van der Waals surface area contributed by atoms with E-state index in [4.69, 9.17) is 4.74 Å². The van der Waals surface area contributed by atoms with Crippen LogP contribution in [0.3, 0.4) is 0 Å². The molecule has 0 saturated carbocycles. The zero-order valence-electron chi connectivity index (χ0n) is 16.8. The topological polar surface area (TPSA) is 48.9 Å². The van der Waals surface area contributed by atoms with E-state index in [1.54, 1.807) is 0 Å². The molecule has 1 fully saturated rings. The maximum Gasteiger partial charge on any atom is 0.191 e. The molecule has 2 unspecified atom stereocenters.